The predicted molar refractivity (Wildman–Crippen MR) is 56.8 cm³/mol. The van der Waals surface area contributed by atoms with E-state index < -0.39 is 11.5 Å². The van der Waals surface area contributed by atoms with Gasteiger partial charge in [0, 0.05) is 6.42 Å². The van der Waals surface area contributed by atoms with Crippen LogP contribution in [0.2, 0.25) is 0 Å². The van der Waals surface area contributed by atoms with Crippen molar-refractivity contribution in [2.75, 3.05) is 0 Å². The van der Waals surface area contributed by atoms with Crippen molar-refractivity contribution in [1.29, 1.82) is 0 Å². The zero-order valence-corrected chi connectivity index (χ0v) is 9.60. The minimum Gasteiger partial charge on any atom is -0.320 e. The van der Waals surface area contributed by atoms with Crippen LogP contribution in [-0.2, 0) is 0 Å². The van der Waals surface area contributed by atoms with Gasteiger partial charge < -0.3 is 5.73 Å². The molecule has 88 valence electrons. The Morgan fingerprint density at radius 3 is 1.93 bits per heavy atom. The molecule has 0 aromatic carbocycles. The lowest BCUT2D eigenvalue weighted by Crippen LogP contribution is -2.41. The van der Waals surface area contributed by atoms with Gasteiger partial charge in [-0.05, 0) is 43.4 Å². The van der Waals surface area contributed by atoms with Gasteiger partial charge in [0.2, 0.25) is 0 Å². The highest BCUT2D eigenvalue weighted by Gasteiger charge is 2.71. The highest BCUT2D eigenvalue weighted by atomic mass is 19.3. The Kier molecular flexibility index (Phi) is 2.57. The summed E-state index contributed by atoms with van der Waals surface area (Å²) in [7, 11) is 0. The topological polar surface area (TPSA) is 26.0 Å². The minimum absolute atomic E-state index is 0.0579. The first-order valence-corrected chi connectivity index (χ1v) is 6.03. The van der Waals surface area contributed by atoms with Crippen molar-refractivity contribution in [2.45, 2.75) is 57.4 Å². The van der Waals surface area contributed by atoms with Crippen LogP contribution in [0.25, 0.3) is 0 Å². The van der Waals surface area contributed by atoms with E-state index in [4.69, 9.17) is 5.73 Å². The predicted octanol–water partition coefficient (Wildman–Crippen LogP) is 3.19. The smallest absolute Gasteiger partial charge is 0.268 e. The average molecular weight is 217 g/mol. The largest absolute Gasteiger partial charge is 0.320 e. The molecular weight excluding hydrogens is 196 g/mol. The number of hydrogen-bond donors (Lipinski definition) is 1. The number of nitrogens with two attached hydrogens (primary N) is 1. The lowest BCUT2D eigenvalue weighted by Gasteiger charge is -2.34. The normalized spacial score (nSPS) is 44.4. The zero-order chi connectivity index (χ0) is 11.3. The maximum absolute atomic E-state index is 13.1. The Morgan fingerprint density at radius 2 is 1.60 bits per heavy atom. The van der Waals surface area contributed by atoms with E-state index in [2.05, 4.69) is 13.8 Å². The Morgan fingerprint density at radius 1 is 1.13 bits per heavy atom. The molecule has 1 atom stereocenters. The monoisotopic (exact) mass is 217 g/mol. The van der Waals surface area contributed by atoms with E-state index in [1.807, 2.05) is 0 Å². The van der Waals surface area contributed by atoms with Crippen LogP contribution in [0.5, 0.6) is 0 Å². The Hall–Kier alpha value is -0.180. The van der Waals surface area contributed by atoms with Crippen LogP contribution >= 0.6 is 0 Å². The van der Waals surface area contributed by atoms with Crippen molar-refractivity contribution >= 4 is 0 Å². The molecule has 2 aliphatic carbocycles. The second-order valence-electron chi connectivity index (χ2n) is 5.78. The molecular formula is C12H21F2N. The van der Waals surface area contributed by atoms with E-state index in [9.17, 15) is 8.78 Å². The van der Waals surface area contributed by atoms with Crippen molar-refractivity contribution in [3.05, 3.63) is 0 Å². The first kappa shape index (κ1) is 11.3. The lowest BCUT2D eigenvalue weighted by molar-refractivity contribution is 0.0582. The lowest BCUT2D eigenvalue weighted by atomic mass is 9.73. The summed E-state index contributed by atoms with van der Waals surface area (Å²) in [6.45, 7) is 4.43. The van der Waals surface area contributed by atoms with Crippen LogP contribution in [0.3, 0.4) is 0 Å². The number of alkyl halides is 2. The van der Waals surface area contributed by atoms with E-state index in [0.717, 1.165) is 31.6 Å². The van der Waals surface area contributed by atoms with Crippen LogP contribution in [0.4, 0.5) is 8.78 Å². The summed E-state index contributed by atoms with van der Waals surface area (Å²) in [4.78, 5) is 0. The minimum atomic E-state index is -2.58. The van der Waals surface area contributed by atoms with Gasteiger partial charge in [0.15, 0.2) is 0 Å². The van der Waals surface area contributed by atoms with Crippen molar-refractivity contribution in [3.8, 4) is 0 Å². The molecule has 0 saturated heterocycles. The van der Waals surface area contributed by atoms with Gasteiger partial charge in [-0.3, -0.25) is 0 Å². The Labute approximate surface area is 90.4 Å². The highest BCUT2D eigenvalue weighted by Crippen LogP contribution is 2.58. The summed E-state index contributed by atoms with van der Waals surface area (Å²) in [5.41, 5.74) is 4.63. The summed E-state index contributed by atoms with van der Waals surface area (Å²) < 4.78 is 26.2. The van der Waals surface area contributed by atoms with Crippen molar-refractivity contribution in [3.63, 3.8) is 0 Å². The van der Waals surface area contributed by atoms with Gasteiger partial charge in [-0.15, -0.1) is 0 Å². The first-order valence-electron chi connectivity index (χ1n) is 6.03. The molecule has 15 heavy (non-hydrogen) atoms. The third kappa shape index (κ3) is 1.79. The van der Waals surface area contributed by atoms with Gasteiger partial charge in [0.1, 0.15) is 0 Å². The summed E-state index contributed by atoms with van der Waals surface area (Å²) in [5, 5.41) is 0. The third-order valence-corrected chi connectivity index (χ3v) is 4.51. The second-order valence-corrected chi connectivity index (χ2v) is 5.78. The Balaban J connectivity index is 1.90. The van der Waals surface area contributed by atoms with Gasteiger partial charge in [-0.2, -0.15) is 0 Å². The summed E-state index contributed by atoms with van der Waals surface area (Å²) in [6.07, 6.45) is 3.87. The van der Waals surface area contributed by atoms with Crippen molar-refractivity contribution in [1.82, 2.24) is 0 Å². The first-order chi connectivity index (χ1) is 6.87. The van der Waals surface area contributed by atoms with Crippen molar-refractivity contribution < 1.29 is 8.78 Å². The SMILES string of the molecule is CC(C)C1CCC(C2(N)CC2(F)F)CC1. The molecule has 0 spiro atoms. The van der Waals surface area contributed by atoms with Crippen LogP contribution in [0, 0.1) is 17.8 Å². The fraction of sp³-hybridized carbons (Fsp3) is 1.00. The molecule has 3 heteroatoms. The molecule has 2 saturated carbocycles. The van der Waals surface area contributed by atoms with Gasteiger partial charge in [-0.25, -0.2) is 8.78 Å². The molecule has 2 N–H and O–H groups in total. The number of halogens is 2. The quantitative estimate of drug-likeness (QED) is 0.755. The molecule has 0 radical (unpaired) electrons. The van der Waals surface area contributed by atoms with Crippen LogP contribution in [0.1, 0.15) is 46.0 Å². The molecule has 0 amide bonds. The standard InChI is InChI=1S/C12H21F2N/c1-8(2)9-3-5-10(6-4-9)11(15)7-12(11,13)14/h8-10H,3-7,15H2,1-2H3. The van der Waals surface area contributed by atoms with Crippen LogP contribution < -0.4 is 5.73 Å². The van der Waals surface area contributed by atoms with E-state index in [1.165, 1.54) is 0 Å². The molecule has 0 bridgehead atoms. The molecule has 2 fully saturated rings. The van der Waals surface area contributed by atoms with E-state index in [1.54, 1.807) is 0 Å². The Bertz CT molecular complexity index is 244. The molecule has 0 aliphatic heterocycles. The molecule has 1 nitrogen and oxygen atoms in total. The molecule has 0 aromatic heterocycles. The van der Waals surface area contributed by atoms with Crippen LogP contribution in [-0.4, -0.2) is 11.5 Å². The molecule has 2 rings (SSSR count). The fourth-order valence-electron chi connectivity index (χ4n) is 3.07. The maximum atomic E-state index is 13.1. The van der Waals surface area contributed by atoms with Crippen molar-refractivity contribution in [2.24, 2.45) is 23.5 Å². The molecule has 2 aliphatic rings. The second kappa shape index (κ2) is 3.41. The summed E-state index contributed by atoms with van der Waals surface area (Å²) in [5.74, 6) is -1.12. The zero-order valence-electron chi connectivity index (χ0n) is 9.60. The van der Waals surface area contributed by atoms with Gasteiger partial charge in [-0.1, -0.05) is 13.8 Å². The molecule has 0 aromatic rings. The highest BCUT2D eigenvalue weighted by molar-refractivity contribution is 5.19. The van der Waals surface area contributed by atoms with Gasteiger partial charge in [0.05, 0.1) is 5.54 Å². The van der Waals surface area contributed by atoms with Gasteiger partial charge in [0.25, 0.3) is 5.92 Å². The number of hydrogen-bond acceptors (Lipinski definition) is 1. The van der Waals surface area contributed by atoms with Crippen LogP contribution in [0.15, 0.2) is 0 Å². The summed E-state index contributed by atoms with van der Waals surface area (Å²) in [6, 6.07) is 0. The fourth-order valence-corrected chi connectivity index (χ4v) is 3.07. The average Bonchev–Trinajstić information content (AvgIpc) is 2.67. The van der Waals surface area contributed by atoms with E-state index in [0.29, 0.717) is 5.92 Å². The van der Waals surface area contributed by atoms with E-state index in [-0.39, 0.29) is 12.3 Å². The van der Waals surface area contributed by atoms with E-state index >= 15 is 0 Å². The van der Waals surface area contributed by atoms with Gasteiger partial charge >= 0.3 is 0 Å². The maximum Gasteiger partial charge on any atom is 0.268 e. The molecule has 0 heterocycles. The molecule has 1 unspecified atom stereocenters. The third-order valence-electron chi connectivity index (χ3n) is 4.51. The summed E-state index contributed by atoms with van der Waals surface area (Å²) >= 11 is 0. The number of rotatable bonds is 2.